The highest BCUT2D eigenvalue weighted by Gasteiger charge is 2.55. The van der Waals surface area contributed by atoms with Crippen molar-refractivity contribution in [3.05, 3.63) is 30.1 Å². The fraction of sp³-hybridized carbons (Fsp3) is 0.700. The van der Waals surface area contributed by atoms with Crippen molar-refractivity contribution in [1.82, 2.24) is 15.2 Å². The van der Waals surface area contributed by atoms with Crippen LogP contribution in [-0.2, 0) is 16.1 Å². The molecule has 1 aromatic rings. The Hall–Kier alpha value is -0.880. The molecule has 1 N–H and O–H groups in total. The molecule has 0 unspecified atom stereocenters. The molecule has 3 fully saturated rings. The van der Waals surface area contributed by atoms with Gasteiger partial charge in [0, 0.05) is 31.4 Å². The first-order chi connectivity index (χ1) is 12.2. The summed E-state index contributed by atoms with van der Waals surface area (Å²) in [6.45, 7) is 4.39. The van der Waals surface area contributed by atoms with Gasteiger partial charge in [-0.1, -0.05) is 13.0 Å². The molecule has 0 radical (unpaired) electrons. The SMILES string of the molecule is CC[C@@]1(C(=O)N2CCC(OCc3ccccn3)CC2)C[C@@H]2CC[C@H]1N2.Cl.Cl. The zero-order chi connectivity index (χ0) is 17.3. The lowest BCUT2D eigenvalue weighted by molar-refractivity contribution is -0.146. The number of nitrogens with one attached hydrogen (secondary N) is 1. The number of likely N-dealkylation sites (tertiary alicyclic amines) is 1. The summed E-state index contributed by atoms with van der Waals surface area (Å²) < 4.78 is 6.01. The minimum Gasteiger partial charge on any atom is -0.372 e. The van der Waals surface area contributed by atoms with Crippen LogP contribution in [0.15, 0.2) is 24.4 Å². The van der Waals surface area contributed by atoms with Gasteiger partial charge in [-0.3, -0.25) is 9.78 Å². The van der Waals surface area contributed by atoms with E-state index in [0.717, 1.165) is 50.9 Å². The highest BCUT2D eigenvalue weighted by Crippen LogP contribution is 2.47. The van der Waals surface area contributed by atoms with Crippen LogP contribution >= 0.6 is 24.8 Å². The highest BCUT2D eigenvalue weighted by molar-refractivity contribution is 5.86. The van der Waals surface area contributed by atoms with Gasteiger partial charge in [0.05, 0.1) is 23.8 Å². The fourth-order valence-corrected chi connectivity index (χ4v) is 5.00. The molecule has 2 bridgehead atoms. The van der Waals surface area contributed by atoms with Crippen LogP contribution in [0, 0.1) is 5.41 Å². The van der Waals surface area contributed by atoms with Crippen LogP contribution in [-0.4, -0.2) is 47.1 Å². The Kier molecular flexibility index (Phi) is 7.93. The third kappa shape index (κ3) is 4.42. The molecular weight excluding hydrogens is 385 g/mol. The molecular formula is C20H31Cl2N3O2. The van der Waals surface area contributed by atoms with E-state index in [9.17, 15) is 4.79 Å². The Morgan fingerprint density at radius 2 is 2.04 bits per heavy atom. The minimum atomic E-state index is -0.148. The van der Waals surface area contributed by atoms with Crippen molar-refractivity contribution in [2.24, 2.45) is 5.41 Å². The highest BCUT2D eigenvalue weighted by atomic mass is 35.5. The van der Waals surface area contributed by atoms with Crippen LogP contribution in [0.1, 0.15) is 51.1 Å². The largest absolute Gasteiger partial charge is 0.372 e. The molecule has 0 spiro atoms. The molecule has 0 saturated carbocycles. The van der Waals surface area contributed by atoms with E-state index in [1.54, 1.807) is 6.20 Å². The number of hydrogen-bond acceptors (Lipinski definition) is 4. The summed E-state index contributed by atoms with van der Waals surface area (Å²) in [5.74, 6) is 0.387. The van der Waals surface area contributed by atoms with E-state index in [1.807, 2.05) is 18.2 Å². The molecule has 0 aromatic carbocycles. The molecule has 1 amide bonds. The molecule has 152 valence electrons. The monoisotopic (exact) mass is 415 g/mol. The van der Waals surface area contributed by atoms with E-state index in [2.05, 4.69) is 22.1 Å². The van der Waals surface area contributed by atoms with Gasteiger partial charge in [0.25, 0.3) is 0 Å². The third-order valence-corrected chi connectivity index (χ3v) is 6.50. The molecule has 3 aliphatic rings. The predicted molar refractivity (Wildman–Crippen MR) is 110 cm³/mol. The first kappa shape index (κ1) is 22.4. The Bertz CT molecular complexity index is 611. The first-order valence-electron chi connectivity index (χ1n) is 9.78. The molecule has 4 heterocycles. The summed E-state index contributed by atoms with van der Waals surface area (Å²) in [7, 11) is 0. The number of aromatic nitrogens is 1. The van der Waals surface area contributed by atoms with E-state index in [4.69, 9.17) is 4.74 Å². The summed E-state index contributed by atoms with van der Waals surface area (Å²) in [5, 5.41) is 3.66. The van der Waals surface area contributed by atoms with Crippen LogP contribution < -0.4 is 5.32 Å². The number of hydrogen-bond donors (Lipinski definition) is 1. The van der Waals surface area contributed by atoms with Gasteiger partial charge in [-0.25, -0.2) is 0 Å². The van der Waals surface area contributed by atoms with Crippen molar-refractivity contribution in [1.29, 1.82) is 0 Å². The van der Waals surface area contributed by atoms with Crippen molar-refractivity contribution >= 4 is 30.7 Å². The van der Waals surface area contributed by atoms with Crippen LogP contribution in [0.4, 0.5) is 0 Å². The molecule has 7 heteroatoms. The topological polar surface area (TPSA) is 54.5 Å². The Labute approximate surface area is 174 Å². The minimum absolute atomic E-state index is 0. The number of nitrogens with zero attached hydrogens (tertiary/aromatic N) is 2. The average Bonchev–Trinajstić information content (AvgIpc) is 3.29. The number of halogens is 2. The Morgan fingerprint density at radius 1 is 1.26 bits per heavy atom. The number of fused-ring (bicyclic) bond motifs is 2. The number of amides is 1. The quantitative estimate of drug-likeness (QED) is 0.800. The lowest BCUT2D eigenvalue weighted by Gasteiger charge is -2.41. The second kappa shape index (κ2) is 9.55. The molecule has 3 atom stereocenters. The van der Waals surface area contributed by atoms with Gasteiger partial charge in [-0.05, 0) is 50.7 Å². The Balaban J connectivity index is 0.00000131. The molecule has 3 saturated heterocycles. The van der Waals surface area contributed by atoms with Crippen molar-refractivity contribution in [3.8, 4) is 0 Å². The molecule has 27 heavy (non-hydrogen) atoms. The molecule has 4 rings (SSSR count). The molecule has 1 aromatic heterocycles. The molecule has 5 nitrogen and oxygen atoms in total. The van der Waals surface area contributed by atoms with E-state index >= 15 is 0 Å². The number of ether oxygens (including phenoxy) is 1. The lowest BCUT2D eigenvalue weighted by Crippen LogP contribution is -2.52. The van der Waals surface area contributed by atoms with Gasteiger partial charge in [0.2, 0.25) is 5.91 Å². The van der Waals surface area contributed by atoms with Crippen LogP contribution in [0.25, 0.3) is 0 Å². The fourth-order valence-electron chi connectivity index (χ4n) is 5.00. The summed E-state index contributed by atoms with van der Waals surface area (Å²) in [6.07, 6.45) is 8.28. The number of carbonyl (C=O) groups excluding carboxylic acids is 1. The van der Waals surface area contributed by atoms with E-state index in [0.29, 0.717) is 24.6 Å². The van der Waals surface area contributed by atoms with Crippen LogP contribution in [0.2, 0.25) is 0 Å². The standard InChI is InChI=1S/C20H29N3O2.2ClH/c1-2-20(13-15-6-7-18(20)22-15)19(24)23-11-8-17(9-12-23)25-14-16-5-3-4-10-21-16;;/h3-5,10,15,17-18,22H,2,6-9,11-14H2,1H3;2*1H/t15-,18+,20+;;/m0../s1. The van der Waals surface area contributed by atoms with E-state index < -0.39 is 0 Å². The Morgan fingerprint density at radius 3 is 2.59 bits per heavy atom. The zero-order valence-corrected chi connectivity index (χ0v) is 17.6. The van der Waals surface area contributed by atoms with Gasteiger partial charge >= 0.3 is 0 Å². The number of rotatable bonds is 5. The second-order valence-corrected chi connectivity index (χ2v) is 7.83. The smallest absolute Gasteiger partial charge is 0.230 e. The summed E-state index contributed by atoms with van der Waals surface area (Å²) in [6, 6.07) is 6.86. The third-order valence-electron chi connectivity index (χ3n) is 6.50. The summed E-state index contributed by atoms with van der Waals surface area (Å²) in [4.78, 5) is 19.7. The van der Waals surface area contributed by atoms with Crippen molar-refractivity contribution in [2.45, 2.75) is 70.2 Å². The maximum absolute atomic E-state index is 13.3. The maximum atomic E-state index is 13.3. The first-order valence-corrected chi connectivity index (χ1v) is 9.78. The zero-order valence-electron chi connectivity index (χ0n) is 15.9. The van der Waals surface area contributed by atoms with Crippen molar-refractivity contribution < 1.29 is 9.53 Å². The maximum Gasteiger partial charge on any atom is 0.230 e. The second-order valence-electron chi connectivity index (χ2n) is 7.83. The van der Waals surface area contributed by atoms with Crippen molar-refractivity contribution in [3.63, 3.8) is 0 Å². The summed E-state index contributed by atoms with van der Waals surface area (Å²) >= 11 is 0. The van der Waals surface area contributed by atoms with Gasteiger partial charge in [0.15, 0.2) is 0 Å². The number of piperidine rings is 1. The van der Waals surface area contributed by atoms with Gasteiger partial charge in [0.1, 0.15) is 0 Å². The lowest BCUT2D eigenvalue weighted by atomic mass is 9.70. The normalized spacial score (nSPS) is 29.9. The number of carbonyl (C=O) groups is 1. The van der Waals surface area contributed by atoms with Gasteiger partial charge in [-0.15, -0.1) is 24.8 Å². The van der Waals surface area contributed by atoms with E-state index in [-0.39, 0.29) is 36.3 Å². The predicted octanol–water partition coefficient (Wildman–Crippen LogP) is 3.35. The van der Waals surface area contributed by atoms with Gasteiger partial charge in [-0.2, -0.15) is 0 Å². The van der Waals surface area contributed by atoms with Crippen LogP contribution in [0.3, 0.4) is 0 Å². The van der Waals surface area contributed by atoms with Crippen LogP contribution in [0.5, 0.6) is 0 Å². The van der Waals surface area contributed by atoms with Gasteiger partial charge < -0.3 is 15.0 Å². The number of pyridine rings is 1. The summed E-state index contributed by atoms with van der Waals surface area (Å²) in [5.41, 5.74) is 0.823. The molecule has 3 aliphatic heterocycles. The average molecular weight is 416 g/mol. The van der Waals surface area contributed by atoms with E-state index in [1.165, 1.54) is 6.42 Å². The molecule has 0 aliphatic carbocycles. The van der Waals surface area contributed by atoms with Crippen molar-refractivity contribution in [2.75, 3.05) is 13.1 Å².